The number of rotatable bonds is 10. The van der Waals surface area contributed by atoms with E-state index in [-0.39, 0.29) is 5.71 Å². The Bertz CT molecular complexity index is 1260. The summed E-state index contributed by atoms with van der Waals surface area (Å²) in [6, 6.07) is 13.0. The number of hydrogen-bond donors (Lipinski definition) is 3. The molecule has 0 bridgehead atoms. The Hall–Kier alpha value is -4.10. The molecular formula is C26H26F6N4O4. The van der Waals surface area contributed by atoms with E-state index in [1.807, 2.05) is 0 Å². The van der Waals surface area contributed by atoms with Gasteiger partial charge in [-0.15, -0.1) is 0 Å². The van der Waals surface area contributed by atoms with Crippen molar-refractivity contribution in [3.05, 3.63) is 59.7 Å². The van der Waals surface area contributed by atoms with E-state index in [4.69, 9.17) is 10.5 Å². The van der Waals surface area contributed by atoms with Gasteiger partial charge >= 0.3 is 12.4 Å². The van der Waals surface area contributed by atoms with Crippen molar-refractivity contribution in [3.8, 4) is 5.75 Å². The number of carbonyl (C=O) groups is 3. The molecule has 1 aliphatic heterocycles. The fourth-order valence-corrected chi connectivity index (χ4v) is 4.27. The molecule has 2 aromatic carbocycles. The van der Waals surface area contributed by atoms with Gasteiger partial charge in [0.25, 0.3) is 5.91 Å². The number of hydrogen-bond acceptors (Lipinski definition) is 5. The van der Waals surface area contributed by atoms with E-state index in [9.17, 15) is 40.7 Å². The monoisotopic (exact) mass is 572 g/mol. The average Bonchev–Trinajstić information content (AvgIpc) is 3.00. The van der Waals surface area contributed by atoms with E-state index in [1.165, 1.54) is 7.11 Å². The maximum absolute atomic E-state index is 13.2. The number of nitrogens with one attached hydrogen (secondary N) is 2. The second-order valence-corrected chi connectivity index (χ2v) is 9.08. The lowest BCUT2D eigenvalue weighted by atomic mass is 9.83. The van der Waals surface area contributed by atoms with Crippen LogP contribution in [0.3, 0.4) is 0 Å². The molecule has 1 heterocycles. The Morgan fingerprint density at radius 1 is 0.975 bits per heavy atom. The first kappa shape index (κ1) is 30.4. The van der Waals surface area contributed by atoms with Crippen molar-refractivity contribution in [1.82, 2.24) is 5.32 Å². The summed E-state index contributed by atoms with van der Waals surface area (Å²) in [5, 5.41) is 4.79. The Kier molecular flexibility index (Phi) is 9.43. The van der Waals surface area contributed by atoms with E-state index >= 15 is 0 Å². The van der Waals surface area contributed by atoms with Crippen LogP contribution in [-0.4, -0.2) is 49.1 Å². The fraction of sp³-hybridized carbons (Fsp3) is 0.385. The van der Waals surface area contributed by atoms with Gasteiger partial charge in [-0.25, -0.2) is 4.99 Å². The topological polar surface area (TPSA) is 123 Å². The molecule has 0 unspecified atom stereocenters. The van der Waals surface area contributed by atoms with Gasteiger partial charge in [0.15, 0.2) is 0 Å². The standard InChI is InChI=1S/C26H26F6N4O4/c1-40-15-8-6-14(7-9-15)20-18-4-2-3-5-19(18)34-24(39)22(35-20)36-23(38)17(11-13-26(30,31)32)16(21(33)37)10-12-25(27,28)29/h2-9,16-17,22H,10-13H2,1H3,(H2,33,37)(H,34,39)(H,36,38)/t16-,17+,22+/m0/s1. The van der Waals surface area contributed by atoms with Crippen molar-refractivity contribution in [1.29, 1.82) is 0 Å². The van der Waals surface area contributed by atoms with Crippen molar-refractivity contribution in [2.45, 2.75) is 44.2 Å². The zero-order valence-electron chi connectivity index (χ0n) is 21.1. The molecule has 4 N–H and O–H groups in total. The number of methoxy groups -OCH3 is 1. The summed E-state index contributed by atoms with van der Waals surface area (Å²) in [4.78, 5) is 42.6. The number of halogens is 6. The smallest absolute Gasteiger partial charge is 0.389 e. The van der Waals surface area contributed by atoms with Crippen LogP contribution in [0.1, 0.15) is 36.8 Å². The number of carbonyl (C=O) groups excluding carboxylic acids is 3. The Labute approximate surface area is 225 Å². The fourth-order valence-electron chi connectivity index (χ4n) is 4.27. The number of amides is 3. The van der Waals surface area contributed by atoms with Gasteiger partial charge in [-0.1, -0.05) is 18.2 Å². The number of nitrogens with two attached hydrogens (primary N) is 1. The molecule has 3 amide bonds. The maximum atomic E-state index is 13.2. The first-order valence-corrected chi connectivity index (χ1v) is 12.0. The summed E-state index contributed by atoms with van der Waals surface area (Å²) < 4.78 is 82.8. The summed E-state index contributed by atoms with van der Waals surface area (Å²) in [6.07, 6.45) is -16.3. The molecule has 0 aliphatic carbocycles. The highest BCUT2D eigenvalue weighted by Gasteiger charge is 2.40. The molecule has 1 aliphatic rings. The van der Waals surface area contributed by atoms with Gasteiger partial charge in [0, 0.05) is 35.8 Å². The molecule has 3 atom stereocenters. The highest BCUT2D eigenvalue weighted by atomic mass is 19.4. The number of alkyl halides is 6. The van der Waals surface area contributed by atoms with E-state index in [2.05, 4.69) is 15.6 Å². The molecule has 0 saturated heterocycles. The van der Waals surface area contributed by atoms with Gasteiger partial charge in [-0.2, -0.15) is 26.3 Å². The van der Waals surface area contributed by atoms with Crippen molar-refractivity contribution < 1.29 is 45.5 Å². The minimum atomic E-state index is -4.77. The lowest BCUT2D eigenvalue weighted by molar-refractivity contribution is -0.152. The summed E-state index contributed by atoms with van der Waals surface area (Å²) >= 11 is 0. The van der Waals surface area contributed by atoms with Gasteiger partial charge in [-0.3, -0.25) is 14.4 Å². The Morgan fingerprint density at radius 2 is 1.55 bits per heavy atom. The molecule has 0 fully saturated rings. The minimum absolute atomic E-state index is 0.234. The molecule has 3 rings (SSSR count). The van der Waals surface area contributed by atoms with Crippen molar-refractivity contribution in [3.63, 3.8) is 0 Å². The van der Waals surface area contributed by atoms with Crippen LogP contribution < -0.4 is 21.1 Å². The second-order valence-electron chi connectivity index (χ2n) is 9.08. The third kappa shape index (κ3) is 8.20. The first-order chi connectivity index (χ1) is 18.7. The number of aliphatic imine (C=N–C) groups is 1. The molecular weight excluding hydrogens is 546 g/mol. The normalized spacial score (nSPS) is 17.0. The Morgan fingerprint density at radius 3 is 2.10 bits per heavy atom. The third-order valence-electron chi connectivity index (χ3n) is 6.25. The molecule has 0 aromatic heterocycles. The number of fused-ring (bicyclic) bond motifs is 1. The number of benzene rings is 2. The van der Waals surface area contributed by atoms with Crippen LogP contribution in [0.25, 0.3) is 0 Å². The number of para-hydroxylation sites is 1. The number of primary amides is 1. The number of nitrogens with zero attached hydrogens (tertiary/aromatic N) is 1. The third-order valence-corrected chi connectivity index (χ3v) is 6.25. The SMILES string of the molecule is COc1ccc(C2=N[C@H](NC(=O)[C@H](CCC(F)(F)F)[C@H](CCC(F)(F)F)C(N)=O)C(=O)Nc3ccccc32)cc1. The lowest BCUT2D eigenvalue weighted by Gasteiger charge is -2.26. The predicted molar refractivity (Wildman–Crippen MR) is 132 cm³/mol. The number of anilines is 1. The van der Waals surface area contributed by atoms with Crippen LogP contribution in [0.4, 0.5) is 32.0 Å². The molecule has 216 valence electrons. The highest BCUT2D eigenvalue weighted by molar-refractivity contribution is 6.19. The first-order valence-electron chi connectivity index (χ1n) is 12.0. The molecule has 0 saturated carbocycles. The molecule has 0 radical (unpaired) electrons. The zero-order chi connectivity index (χ0) is 29.7. The summed E-state index contributed by atoms with van der Waals surface area (Å²) in [5.41, 5.74) is 6.75. The van der Waals surface area contributed by atoms with Gasteiger partial charge in [-0.05, 0) is 43.2 Å². The van der Waals surface area contributed by atoms with E-state index in [1.54, 1.807) is 48.5 Å². The second kappa shape index (κ2) is 12.4. The summed E-state index contributed by atoms with van der Waals surface area (Å²) in [5.74, 6) is -6.75. The van der Waals surface area contributed by atoms with Gasteiger partial charge in [0.1, 0.15) is 5.75 Å². The van der Waals surface area contributed by atoms with Crippen molar-refractivity contribution >= 4 is 29.1 Å². The van der Waals surface area contributed by atoms with E-state index in [0.29, 0.717) is 22.6 Å². The molecule has 14 heteroatoms. The molecule has 8 nitrogen and oxygen atoms in total. The van der Waals surface area contributed by atoms with E-state index < -0.39 is 73.8 Å². The molecule has 0 spiro atoms. The summed E-state index contributed by atoms with van der Waals surface area (Å²) in [6.45, 7) is 0. The van der Waals surface area contributed by atoms with Gasteiger partial charge in [0.2, 0.25) is 18.0 Å². The molecule has 40 heavy (non-hydrogen) atoms. The number of ether oxygens (including phenoxy) is 1. The quantitative estimate of drug-likeness (QED) is 0.367. The van der Waals surface area contributed by atoms with Crippen LogP contribution in [0, 0.1) is 11.8 Å². The largest absolute Gasteiger partial charge is 0.497 e. The van der Waals surface area contributed by atoms with E-state index in [0.717, 1.165) is 0 Å². The van der Waals surface area contributed by atoms with Crippen LogP contribution >= 0.6 is 0 Å². The summed E-state index contributed by atoms with van der Waals surface area (Å²) in [7, 11) is 1.46. The highest BCUT2D eigenvalue weighted by Crippen LogP contribution is 2.33. The number of benzodiazepines with no additional fused rings is 1. The molecule has 2 aromatic rings. The van der Waals surface area contributed by atoms with Crippen LogP contribution in [0.5, 0.6) is 5.75 Å². The van der Waals surface area contributed by atoms with Crippen LogP contribution in [0.15, 0.2) is 53.5 Å². The predicted octanol–water partition coefficient (Wildman–Crippen LogP) is 4.33. The van der Waals surface area contributed by atoms with Crippen LogP contribution in [-0.2, 0) is 14.4 Å². The van der Waals surface area contributed by atoms with Crippen LogP contribution in [0.2, 0.25) is 0 Å². The maximum Gasteiger partial charge on any atom is 0.389 e. The Balaban J connectivity index is 1.98. The van der Waals surface area contributed by atoms with Crippen molar-refractivity contribution in [2.75, 3.05) is 12.4 Å². The van der Waals surface area contributed by atoms with Gasteiger partial charge < -0.3 is 21.1 Å². The average molecular weight is 573 g/mol. The van der Waals surface area contributed by atoms with Crippen molar-refractivity contribution in [2.24, 2.45) is 22.6 Å². The van der Waals surface area contributed by atoms with Gasteiger partial charge in [0.05, 0.1) is 18.5 Å². The zero-order valence-corrected chi connectivity index (χ0v) is 21.1. The lowest BCUT2D eigenvalue weighted by Crippen LogP contribution is -2.48. The minimum Gasteiger partial charge on any atom is -0.497 e.